The van der Waals surface area contributed by atoms with Gasteiger partial charge in [0.15, 0.2) is 0 Å². The first kappa shape index (κ1) is 16.0. The molecule has 0 bridgehead atoms. The average Bonchev–Trinajstić information content (AvgIpc) is 2.37. The first-order valence-corrected chi connectivity index (χ1v) is 7.18. The number of piperidine rings is 1. The molecule has 0 spiro atoms. The smallest absolute Gasteiger partial charge is 0.326 e. The van der Waals surface area contributed by atoms with Crippen LogP contribution in [0.3, 0.4) is 0 Å². The molecule has 1 saturated heterocycles. The van der Waals surface area contributed by atoms with Crippen molar-refractivity contribution in [3.05, 3.63) is 0 Å². The van der Waals surface area contributed by atoms with E-state index in [9.17, 15) is 14.7 Å². The molecule has 110 valence electrons. The molecule has 0 unspecified atom stereocenters. The molecule has 1 heterocycles. The van der Waals surface area contributed by atoms with Crippen LogP contribution < -0.4 is 5.73 Å². The van der Waals surface area contributed by atoms with E-state index in [2.05, 4.69) is 13.8 Å². The van der Waals surface area contributed by atoms with Gasteiger partial charge in [0.2, 0.25) is 5.91 Å². The normalized spacial score (nSPS) is 21.5. The van der Waals surface area contributed by atoms with Gasteiger partial charge < -0.3 is 15.7 Å². The summed E-state index contributed by atoms with van der Waals surface area (Å²) in [5.41, 5.74) is 5.71. The Hall–Kier alpha value is -1.10. The van der Waals surface area contributed by atoms with Gasteiger partial charge in [0, 0.05) is 13.0 Å². The van der Waals surface area contributed by atoms with Gasteiger partial charge in [0.1, 0.15) is 6.04 Å². The van der Waals surface area contributed by atoms with Crippen molar-refractivity contribution in [3.63, 3.8) is 0 Å². The number of aliphatic carboxylic acids is 1. The summed E-state index contributed by atoms with van der Waals surface area (Å²) >= 11 is 0. The van der Waals surface area contributed by atoms with Crippen molar-refractivity contribution in [2.75, 3.05) is 13.1 Å². The number of carboxylic acids is 1. The van der Waals surface area contributed by atoms with Crippen LogP contribution in [0.15, 0.2) is 0 Å². The molecule has 0 saturated carbocycles. The average molecular weight is 270 g/mol. The number of amides is 1. The topological polar surface area (TPSA) is 83.6 Å². The fraction of sp³-hybridized carbons (Fsp3) is 0.857. The van der Waals surface area contributed by atoms with Crippen molar-refractivity contribution >= 4 is 11.9 Å². The van der Waals surface area contributed by atoms with Crippen molar-refractivity contribution < 1.29 is 14.7 Å². The third-order valence-corrected chi connectivity index (χ3v) is 3.71. The van der Waals surface area contributed by atoms with Crippen molar-refractivity contribution in [2.45, 2.75) is 52.0 Å². The standard InChI is InChI=1S/C14H26N2O3/c1-10(2)7-11(9-15)8-13(17)16-6-4-3-5-12(16)14(18)19/h10-12H,3-9,15H2,1-2H3,(H,18,19)/t11-,12-/m0/s1. The fourth-order valence-corrected chi connectivity index (χ4v) is 2.78. The number of carbonyl (C=O) groups is 2. The van der Waals surface area contributed by atoms with Gasteiger partial charge in [-0.2, -0.15) is 0 Å². The van der Waals surface area contributed by atoms with Crippen LogP contribution in [0.5, 0.6) is 0 Å². The molecule has 0 aromatic carbocycles. The van der Waals surface area contributed by atoms with E-state index >= 15 is 0 Å². The number of hydrogen-bond acceptors (Lipinski definition) is 3. The van der Waals surface area contributed by atoms with Gasteiger partial charge in [-0.25, -0.2) is 4.79 Å². The lowest BCUT2D eigenvalue weighted by Gasteiger charge is -2.34. The molecule has 0 radical (unpaired) electrons. The summed E-state index contributed by atoms with van der Waals surface area (Å²) in [6, 6.07) is -0.640. The van der Waals surface area contributed by atoms with Crippen molar-refractivity contribution in [1.29, 1.82) is 0 Å². The molecule has 1 rings (SSSR count). The lowest BCUT2D eigenvalue weighted by Crippen LogP contribution is -2.48. The summed E-state index contributed by atoms with van der Waals surface area (Å²) < 4.78 is 0. The molecule has 1 aliphatic heterocycles. The Morgan fingerprint density at radius 1 is 1.37 bits per heavy atom. The zero-order valence-corrected chi connectivity index (χ0v) is 12.0. The van der Waals surface area contributed by atoms with E-state index in [1.807, 2.05) is 0 Å². The van der Waals surface area contributed by atoms with Gasteiger partial charge in [-0.15, -0.1) is 0 Å². The molecule has 1 amide bonds. The maximum absolute atomic E-state index is 12.3. The Morgan fingerprint density at radius 2 is 2.05 bits per heavy atom. The summed E-state index contributed by atoms with van der Waals surface area (Å²) in [5.74, 6) is -0.286. The van der Waals surface area contributed by atoms with Crippen molar-refractivity contribution in [2.24, 2.45) is 17.6 Å². The first-order chi connectivity index (χ1) is 8.95. The number of rotatable bonds is 6. The third-order valence-electron chi connectivity index (χ3n) is 3.71. The number of nitrogens with two attached hydrogens (primary N) is 1. The molecular weight excluding hydrogens is 244 g/mol. The van der Waals surface area contributed by atoms with Gasteiger partial charge in [-0.1, -0.05) is 13.8 Å². The summed E-state index contributed by atoms with van der Waals surface area (Å²) in [4.78, 5) is 25.0. The Kier molecular flexibility index (Phi) is 6.28. The minimum Gasteiger partial charge on any atom is -0.480 e. The van der Waals surface area contributed by atoms with Crippen LogP contribution in [-0.2, 0) is 9.59 Å². The summed E-state index contributed by atoms with van der Waals surface area (Å²) in [6.45, 7) is 5.26. The molecule has 5 nitrogen and oxygen atoms in total. The van der Waals surface area contributed by atoms with Gasteiger partial charge >= 0.3 is 5.97 Å². The quantitative estimate of drug-likeness (QED) is 0.765. The van der Waals surface area contributed by atoms with E-state index in [1.54, 1.807) is 0 Å². The van der Waals surface area contributed by atoms with Gasteiger partial charge in [0.05, 0.1) is 0 Å². The highest BCUT2D eigenvalue weighted by atomic mass is 16.4. The molecule has 0 aromatic rings. The SMILES string of the molecule is CC(C)C[C@H](CN)CC(=O)N1CCCC[C@H]1C(=O)O. The van der Waals surface area contributed by atoms with Crippen LogP contribution in [0.4, 0.5) is 0 Å². The monoisotopic (exact) mass is 270 g/mol. The van der Waals surface area contributed by atoms with Crippen molar-refractivity contribution in [3.8, 4) is 0 Å². The maximum Gasteiger partial charge on any atom is 0.326 e. The molecule has 1 aliphatic rings. The largest absolute Gasteiger partial charge is 0.480 e. The van der Waals surface area contributed by atoms with Gasteiger partial charge in [-0.05, 0) is 44.1 Å². The second kappa shape index (κ2) is 7.48. The Balaban J connectivity index is 2.61. The number of nitrogens with zero attached hydrogens (tertiary/aromatic N) is 1. The van der Waals surface area contributed by atoms with Crippen LogP contribution in [-0.4, -0.2) is 41.0 Å². The summed E-state index contributed by atoms with van der Waals surface area (Å²) in [5, 5.41) is 9.18. The molecule has 5 heteroatoms. The highest BCUT2D eigenvalue weighted by Gasteiger charge is 2.32. The van der Waals surface area contributed by atoms with E-state index < -0.39 is 12.0 Å². The van der Waals surface area contributed by atoms with Gasteiger partial charge in [-0.3, -0.25) is 4.79 Å². The summed E-state index contributed by atoms with van der Waals surface area (Å²) in [6.07, 6.45) is 3.63. The highest BCUT2D eigenvalue weighted by Crippen LogP contribution is 2.21. The van der Waals surface area contributed by atoms with E-state index in [0.29, 0.717) is 31.8 Å². The lowest BCUT2D eigenvalue weighted by atomic mass is 9.92. The molecule has 0 aromatic heterocycles. The van der Waals surface area contributed by atoms with Crippen LogP contribution in [0.1, 0.15) is 46.0 Å². The van der Waals surface area contributed by atoms with E-state index in [0.717, 1.165) is 19.3 Å². The van der Waals surface area contributed by atoms with E-state index in [4.69, 9.17) is 5.73 Å². The van der Waals surface area contributed by atoms with Crippen LogP contribution >= 0.6 is 0 Å². The highest BCUT2D eigenvalue weighted by molar-refractivity contribution is 5.84. The van der Waals surface area contributed by atoms with Crippen molar-refractivity contribution in [1.82, 2.24) is 4.90 Å². The zero-order chi connectivity index (χ0) is 14.4. The Morgan fingerprint density at radius 3 is 2.58 bits per heavy atom. The predicted molar refractivity (Wildman–Crippen MR) is 73.6 cm³/mol. The minimum atomic E-state index is -0.888. The minimum absolute atomic E-state index is 0.0526. The zero-order valence-electron chi connectivity index (χ0n) is 12.0. The van der Waals surface area contributed by atoms with E-state index in [1.165, 1.54) is 4.90 Å². The van der Waals surface area contributed by atoms with E-state index in [-0.39, 0.29) is 11.8 Å². The fourth-order valence-electron chi connectivity index (χ4n) is 2.78. The third kappa shape index (κ3) is 4.82. The summed E-state index contributed by atoms with van der Waals surface area (Å²) in [7, 11) is 0. The Labute approximate surface area is 115 Å². The second-order valence-electron chi connectivity index (χ2n) is 5.87. The molecular formula is C14H26N2O3. The molecule has 19 heavy (non-hydrogen) atoms. The van der Waals surface area contributed by atoms with Crippen LogP contribution in [0.25, 0.3) is 0 Å². The number of likely N-dealkylation sites (tertiary alicyclic amines) is 1. The predicted octanol–water partition coefficient (Wildman–Crippen LogP) is 1.46. The molecule has 2 atom stereocenters. The van der Waals surface area contributed by atoms with Crippen LogP contribution in [0.2, 0.25) is 0 Å². The number of carboxylic acid groups (broad SMARTS) is 1. The Bertz CT molecular complexity index is 318. The first-order valence-electron chi connectivity index (χ1n) is 7.18. The number of hydrogen-bond donors (Lipinski definition) is 2. The lowest BCUT2D eigenvalue weighted by molar-refractivity contribution is -0.152. The molecule has 1 fully saturated rings. The second-order valence-corrected chi connectivity index (χ2v) is 5.87. The molecule has 3 N–H and O–H groups in total. The van der Waals surface area contributed by atoms with Crippen LogP contribution in [0, 0.1) is 11.8 Å². The maximum atomic E-state index is 12.3. The molecule has 0 aliphatic carbocycles. The number of carbonyl (C=O) groups excluding carboxylic acids is 1. The van der Waals surface area contributed by atoms with Gasteiger partial charge in [0.25, 0.3) is 0 Å².